The van der Waals surface area contributed by atoms with Gasteiger partial charge in [-0.15, -0.1) is 0 Å². The number of halogens is 4. The Morgan fingerprint density at radius 1 is 0.871 bits per heavy atom. The van der Waals surface area contributed by atoms with Crippen LogP contribution in [-0.4, -0.2) is 12.8 Å². The van der Waals surface area contributed by atoms with Crippen LogP contribution in [0.2, 0.25) is 20.1 Å². The minimum absolute atomic E-state index is 0.295. The molecule has 0 atom stereocenters. The highest BCUT2D eigenvalue weighted by molar-refractivity contribution is 6.36. The highest BCUT2D eigenvalue weighted by Crippen LogP contribution is 2.30. The molecule has 0 aliphatic carbocycles. The van der Waals surface area contributed by atoms with E-state index < -0.39 is 0 Å². The van der Waals surface area contributed by atoms with Gasteiger partial charge in [-0.2, -0.15) is 5.10 Å². The first-order valence-corrected chi connectivity index (χ1v) is 11.0. The Balaban J connectivity index is 1.65. The van der Waals surface area contributed by atoms with Gasteiger partial charge in [0.1, 0.15) is 6.61 Å². The van der Waals surface area contributed by atoms with Gasteiger partial charge in [-0.1, -0.05) is 58.5 Å². The average molecular weight is 498 g/mol. The lowest BCUT2D eigenvalue weighted by atomic mass is 10.2. The number of benzene rings is 3. The largest absolute Gasteiger partial charge is 0.490 e. The van der Waals surface area contributed by atoms with Crippen LogP contribution in [0.5, 0.6) is 11.5 Å². The second-order valence-corrected chi connectivity index (χ2v) is 8.11. The molecule has 8 heteroatoms. The molecule has 0 aromatic heterocycles. The van der Waals surface area contributed by atoms with Gasteiger partial charge in [-0.05, 0) is 55.0 Å². The molecule has 0 unspecified atom stereocenters. The molecule has 0 aliphatic heterocycles. The van der Waals surface area contributed by atoms with Crippen LogP contribution in [0, 0.1) is 0 Å². The van der Waals surface area contributed by atoms with E-state index in [2.05, 4.69) is 10.5 Å². The summed E-state index contributed by atoms with van der Waals surface area (Å²) in [5.74, 6) is 1.23. The first-order chi connectivity index (χ1) is 15.0. The van der Waals surface area contributed by atoms with Crippen molar-refractivity contribution >= 4 is 52.6 Å². The summed E-state index contributed by atoms with van der Waals surface area (Å²) in [6.45, 7) is 3.12. The summed E-state index contributed by atoms with van der Waals surface area (Å²) < 4.78 is 11.6. The van der Waals surface area contributed by atoms with Gasteiger partial charge < -0.3 is 14.9 Å². The molecule has 1 N–H and O–H groups in total. The van der Waals surface area contributed by atoms with Crippen molar-refractivity contribution in [3.8, 4) is 11.5 Å². The normalized spacial score (nSPS) is 11.0. The molecule has 0 saturated heterocycles. The molecule has 0 heterocycles. The maximum Gasteiger partial charge on any atom is 0.161 e. The van der Waals surface area contributed by atoms with E-state index in [-0.39, 0.29) is 0 Å². The van der Waals surface area contributed by atoms with Gasteiger partial charge in [0.05, 0.1) is 19.4 Å². The third-order valence-electron chi connectivity index (χ3n) is 4.29. The Morgan fingerprint density at radius 3 is 2.35 bits per heavy atom. The van der Waals surface area contributed by atoms with Crippen molar-refractivity contribution < 1.29 is 9.47 Å². The lowest BCUT2D eigenvalue weighted by Crippen LogP contribution is -2.07. The van der Waals surface area contributed by atoms with Gasteiger partial charge >= 0.3 is 0 Å². The molecule has 162 valence electrons. The minimum atomic E-state index is 0.295. The highest BCUT2D eigenvalue weighted by Gasteiger charge is 2.09. The summed E-state index contributed by atoms with van der Waals surface area (Å²) in [5.41, 5.74) is 5.43. The van der Waals surface area contributed by atoms with E-state index in [0.717, 1.165) is 16.7 Å². The third-order valence-corrected chi connectivity index (χ3v) is 5.58. The molecule has 31 heavy (non-hydrogen) atoms. The lowest BCUT2D eigenvalue weighted by molar-refractivity contribution is 0.269. The second kappa shape index (κ2) is 11.5. The van der Waals surface area contributed by atoms with Gasteiger partial charge in [0.2, 0.25) is 0 Å². The van der Waals surface area contributed by atoms with Crippen LogP contribution in [0.4, 0.5) is 0 Å². The van der Waals surface area contributed by atoms with E-state index in [1.54, 1.807) is 36.5 Å². The summed E-state index contributed by atoms with van der Waals surface area (Å²) in [6, 6.07) is 16.3. The SMILES string of the molecule is CCOc1cc(/C=N\NCc2c(Cl)cccc2Cl)ccc1OCc1ccc(Cl)cc1Cl. The minimum Gasteiger partial charge on any atom is -0.490 e. The molecule has 0 radical (unpaired) electrons. The zero-order valence-corrected chi connectivity index (χ0v) is 19.7. The number of hydrazone groups is 1. The van der Waals surface area contributed by atoms with Crippen molar-refractivity contribution in [2.24, 2.45) is 5.10 Å². The predicted molar refractivity (Wildman–Crippen MR) is 129 cm³/mol. The maximum atomic E-state index is 6.22. The van der Waals surface area contributed by atoms with Gasteiger partial charge in [0.25, 0.3) is 0 Å². The zero-order valence-electron chi connectivity index (χ0n) is 16.7. The summed E-state index contributed by atoms with van der Waals surface area (Å²) >= 11 is 24.5. The first kappa shape index (κ1) is 23.6. The molecule has 0 spiro atoms. The number of ether oxygens (including phenoxy) is 2. The number of hydrogen-bond donors (Lipinski definition) is 1. The Labute approximate surface area is 201 Å². The molecule has 0 amide bonds. The van der Waals surface area contributed by atoms with Crippen molar-refractivity contribution in [3.05, 3.63) is 91.4 Å². The molecule has 3 aromatic carbocycles. The van der Waals surface area contributed by atoms with Crippen molar-refractivity contribution in [2.45, 2.75) is 20.1 Å². The predicted octanol–water partition coefficient (Wildman–Crippen LogP) is 7.40. The lowest BCUT2D eigenvalue weighted by Gasteiger charge is -2.13. The second-order valence-electron chi connectivity index (χ2n) is 6.46. The highest BCUT2D eigenvalue weighted by atomic mass is 35.5. The van der Waals surface area contributed by atoms with E-state index >= 15 is 0 Å². The molecular formula is C23H20Cl4N2O2. The first-order valence-electron chi connectivity index (χ1n) is 9.50. The van der Waals surface area contributed by atoms with Gasteiger partial charge in [0.15, 0.2) is 11.5 Å². The summed E-state index contributed by atoms with van der Waals surface area (Å²) in [7, 11) is 0. The monoisotopic (exact) mass is 496 g/mol. The van der Waals surface area contributed by atoms with E-state index in [1.807, 2.05) is 31.2 Å². The third kappa shape index (κ3) is 6.68. The van der Waals surface area contributed by atoms with Crippen LogP contribution in [-0.2, 0) is 13.2 Å². The fraction of sp³-hybridized carbons (Fsp3) is 0.174. The molecule has 0 saturated carbocycles. The standard InChI is InChI=1S/C23H20Cl4N2O2/c1-2-30-23-10-15(12-28-29-13-18-19(25)4-3-5-20(18)26)6-9-22(23)31-14-16-7-8-17(24)11-21(16)27/h3-12,29H,2,13-14H2,1H3/b28-12-. The smallest absolute Gasteiger partial charge is 0.161 e. The maximum absolute atomic E-state index is 6.22. The fourth-order valence-corrected chi connectivity index (χ4v) is 3.73. The number of nitrogens with one attached hydrogen (secondary N) is 1. The van der Waals surface area contributed by atoms with Crippen LogP contribution < -0.4 is 14.9 Å². The van der Waals surface area contributed by atoms with Crippen molar-refractivity contribution in [1.29, 1.82) is 0 Å². The molecule has 0 fully saturated rings. The van der Waals surface area contributed by atoms with Gasteiger partial charge in [0, 0.05) is 31.2 Å². The average Bonchev–Trinajstić information content (AvgIpc) is 2.73. The number of hydrogen-bond acceptors (Lipinski definition) is 4. The Bertz CT molecular complexity index is 1050. The Hall–Kier alpha value is -2.11. The Kier molecular flexibility index (Phi) is 8.73. The van der Waals surface area contributed by atoms with E-state index in [4.69, 9.17) is 55.9 Å². The van der Waals surface area contributed by atoms with Crippen LogP contribution in [0.25, 0.3) is 0 Å². The Morgan fingerprint density at radius 2 is 1.65 bits per heavy atom. The molecule has 0 aliphatic rings. The molecular weight excluding hydrogens is 478 g/mol. The van der Waals surface area contributed by atoms with E-state index in [1.165, 1.54) is 0 Å². The molecule has 3 aromatic rings. The van der Waals surface area contributed by atoms with Crippen molar-refractivity contribution in [2.75, 3.05) is 6.61 Å². The van der Waals surface area contributed by atoms with Crippen molar-refractivity contribution in [3.63, 3.8) is 0 Å². The van der Waals surface area contributed by atoms with Crippen molar-refractivity contribution in [1.82, 2.24) is 5.43 Å². The summed E-state index contributed by atoms with van der Waals surface area (Å²) in [4.78, 5) is 0. The zero-order chi connectivity index (χ0) is 22.2. The van der Waals surface area contributed by atoms with Crippen LogP contribution in [0.15, 0.2) is 59.7 Å². The molecule has 4 nitrogen and oxygen atoms in total. The molecule has 3 rings (SSSR count). The van der Waals surface area contributed by atoms with Gasteiger partial charge in [-0.3, -0.25) is 0 Å². The summed E-state index contributed by atoms with van der Waals surface area (Å²) in [5, 5.41) is 6.57. The van der Waals surface area contributed by atoms with E-state index in [9.17, 15) is 0 Å². The quantitative estimate of drug-likeness (QED) is 0.247. The van der Waals surface area contributed by atoms with Gasteiger partial charge in [-0.25, -0.2) is 0 Å². The van der Waals surface area contributed by atoms with E-state index in [0.29, 0.717) is 51.3 Å². The molecule has 0 bridgehead atoms. The topological polar surface area (TPSA) is 42.8 Å². The number of rotatable bonds is 9. The van der Waals surface area contributed by atoms with Crippen LogP contribution >= 0.6 is 46.4 Å². The van der Waals surface area contributed by atoms with Crippen LogP contribution in [0.3, 0.4) is 0 Å². The van der Waals surface area contributed by atoms with Crippen LogP contribution in [0.1, 0.15) is 23.6 Å². The summed E-state index contributed by atoms with van der Waals surface area (Å²) in [6.07, 6.45) is 1.69. The fourth-order valence-electron chi connectivity index (χ4n) is 2.73. The number of nitrogens with zero attached hydrogens (tertiary/aromatic N) is 1.